The smallest absolute Gasteiger partial charge is 0.0760 e. The first-order valence-electron chi connectivity index (χ1n) is 9.59. The summed E-state index contributed by atoms with van der Waals surface area (Å²) in [6.45, 7) is 5.39. The minimum Gasteiger partial charge on any atom is -0.383 e. The molecular formula is C20H28N4O2. The fraction of sp³-hybridized carbons (Fsp3) is 0.600. The molecule has 4 rings (SSSR count). The minimum atomic E-state index is 0.249. The summed E-state index contributed by atoms with van der Waals surface area (Å²) in [6.07, 6.45) is 9.11. The predicted octanol–water partition coefficient (Wildman–Crippen LogP) is 2.45. The molecule has 1 saturated heterocycles. The van der Waals surface area contributed by atoms with E-state index >= 15 is 0 Å². The molecule has 0 N–H and O–H groups in total. The summed E-state index contributed by atoms with van der Waals surface area (Å²) in [5.74, 6) is 0.659. The summed E-state index contributed by atoms with van der Waals surface area (Å²) in [6, 6.07) is 4.44. The number of hydrogen-bond donors (Lipinski definition) is 0. The van der Waals surface area contributed by atoms with E-state index in [0.717, 1.165) is 52.1 Å². The molecule has 2 aliphatic heterocycles. The van der Waals surface area contributed by atoms with Crippen LogP contribution in [0.4, 0.5) is 0 Å². The fourth-order valence-electron chi connectivity index (χ4n) is 4.18. The van der Waals surface area contributed by atoms with Gasteiger partial charge in [-0.3, -0.25) is 14.6 Å². The van der Waals surface area contributed by atoms with E-state index in [9.17, 15) is 0 Å². The van der Waals surface area contributed by atoms with E-state index in [1.807, 2.05) is 12.4 Å². The molecule has 2 aromatic heterocycles. The Morgan fingerprint density at radius 3 is 2.81 bits per heavy atom. The topological polar surface area (TPSA) is 52.4 Å². The highest BCUT2D eigenvalue weighted by Crippen LogP contribution is 2.32. The second kappa shape index (κ2) is 8.29. The van der Waals surface area contributed by atoms with Gasteiger partial charge >= 0.3 is 0 Å². The molecule has 1 atom stereocenters. The summed E-state index contributed by atoms with van der Waals surface area (Å²) in [4.78, 5) is 6.65. The zero-order valence-electron chi connectivity index (χ0n) is 15.5. The molecule has 6 nitrogen and oxygen atoms in total. The van der Waals surface area contributed by atoms with Crippen LogP contribution in [0.3, 0.4) is 0 Å². The number of fused-ring (bicyclic) bond motifs is 1. The zero-order valence-corrected chi connectivity index (χ0v) is 15.5. The van der Waals surface area contributed by atoms with Crippen LogP contribution < -0.4 is 0 Å². The molecule has 140 valence electrons. The first-order chi connectivity index (χ1) is 12.8. The molecule has 2 aromatic rings. The van der Waals surface area contributed by atoms with Crippen LogP contribution in [-0.4, -0.2) is 53.1 Å². The molecule has 0 aliphatic carbocycles. The van der Waals surface area contributed by atoms with Gasteiger partial charge in [0.1, 0.15) is 0 Å². The van der Waals surface area contributed by atoms with Crippen molar-refractivity contribution in [3.8, 4) is 0 Å². The van der Waals surface area contributed by atoms with E-state index in [1.54, 1.807) is 7.11 Å². The van der Waals surface area contributed by atoms with Crippen molar-refractivity contribution in [2.45, 2.75) is 38.4 Å². The molecule has 2 aliphatic rings. The molecule has 6 heteroatoms. The average molecular weight is 356 g/mol. The van der Waals surface area contributed by atoms with Gasteiger partial charge in [-0.15, -0.1) is 0 Å². The molecule has 26 heavy (non-hydrogen) atoms. The third-order valence-corrected chi connectivity index (χ3v) is 5.62. The number of hydrogen-bond acceptors (Lipinski definition) is 5. The molecular weight excluding hydrogens is 328 g/mol. The highest BCUT2D eigenvalue weighted by atomic mass is 16.5. The molecule has 1 unspecified atom stereocenters. The molecule has 0 radical (unpaired) electrons. The lowest BCUT2D eigenvalue weighted by Crippen LogP contribution is -2.38. The van der Waals surface area contributed by atoms with Crippen molar-refractivity contribution in [2.75, 3.05) is 33.5 Å². The summed E-state index contributed by atoms with van der Waals surface area (Å²) in [5, 5.41) is 4.75. The highest BCUT2D eigenvalue weighted by molar-refractivity contribution is 5.26. The number of methoxy groups -OCH3 is 1. The monoisotopic (exact) mass is 356 g/mol. The maximum absolute atomic E-state index is 5.61. The Morgan fingerprint density at radius 1 is 1.23 bits per heavy atom. The third kappa shape index (κ3) is 3.82. The van der Waals surface area contributed by atoms with Gasteiger partial charge in [-0.05, 0) is 48.4 Å². The Kier molecular flexibility index (Phi) is 5.62. The fourth-order valence-corrected chi connectivity index (χ4v) is 4.18. The molecule has 0 amide bonds. The number of pyridine rings is 1. The number of nitrogens with zero attached hydrogens (tertiary/aromatic N) is 4. The molecule has 4 heterocycles. The Morgan fingerprint density at radius 2 is 2.04 bits per heavy atom. The van der Waals surface area contributed by atoms with E-state index < -0.39 is 0 Å². The highest BCUT2D eigenvalue weighted by Gasteiger charge is 2.32. The van der Waals surface area contributed by atoms with Gasteiger partial charge in [0, 0.05) is 52.4 Å². The molecule has 0 spiro atoms. The SMILES string of the molecule is COCC1c2c(cnn2CC2CCOCC2)CCN1Cc1ccncc1. The van der Waals surface area contributed by atoms with Crippen LogP contribution >= 0.6 is 0 Å². The first-order valence-corrected chi connectivity index (χ1v) is 9.59. The maximum atomic E-state index is 5.61. The molecule has 0 saturated carbocycles. The third-order valence-electron chi connectivity index (χ3n) is 5.62. The van der Waals surface area contributed by atoms with E-state index in [0.29, 0.717) is 12.5 Å². The lowest BCUT2D eigenvalue weighted by molar-refractivity contribution is 0.0545. The van der Waals surface area contributed by atoms with Crippen molar-refractivity contribution in [1.82, 2.24) is 19.7 Å². The zero-order chi connectivity index (χ0) is 17.8. The van der Waals surface area contributed by atoms with Gasteiger partial charge in [-0.2, -0.15) is 5.10 Å². The standard InChI is InChI=1S/C20H28N4O2/c1-25-15-19-20-18(4-9-23(19)13-16-2-7-21-8-3-16)12-22-24(20)14-17-5-10-26-11-6-17/h2-3,7-8,12,17,19H,4-6,9-11,13-15H2,1H3. The summed E-state index contributed by atoms with van der Waals surface area (Å²) in [7, 11) is 1.79. The van der Waals surface area contributed by atoms with Gasteiger partial charge in [0.05, 0.1) is 24.5 Å². The van der Waals surface area contributed by atoms with Crippen molar-refractivity contribution in [2.24, 2.45) is 5.92 Å². The Labute approximate surface area is 155 Å². The van der Waals surface area contributed by atoms with Gasteiger partial charge in [0.2, 0.25) is 0 Å². The summed E-state index contributed by atoms with van der Waals surface area (Å²) >= 11 is 0. The van der Waals surface area contributed by atoms with Crippen LogP contribution in [-0.2, 0) is 29.0 Å². The van der Waals surface area contributed by atoms with Gasteiger partial charge < -0.3 is 9.47 Å². The minimum absolute atomic E-state index is 0.249. The maximum Gasteiger partial charge on any atom is 0.0760 e. The molecule has 0 bridgehead atoms. The number of aromatic nitrogens is 3. The number of rotatable bonds is 6. The van der Waals surface area contributed by atoms with E-state index in [1.165, 1.54) is 16.8 Å². The average Bonchev–Trinajstić information content (AvgIpc) is 3.08. The van der Waals surface area contributed by atoms with Gasteiger partial charge in [-0.25, -0.2) is 0 Å². The Bertz CT molecular complexity index is 697. The summed E-state index contributed by atoms with van der Waals surface area (Å²) in [5.41, 5.74) is 4.02. The Balaban J connectivity index is 1.56. The normalized spacial score (nSPS) is 21.7. The van der Waals surface area contributed by atoms with Crippen LogP contribution in [0.1, 0.15) is 35.7 Å². The first kappa shape index (κ1) is 17.6. The van der Waals surface area contributed by atoms with Crippen molar-refractivity contribution in [3.05, 3.63) is 47.5 Å². The molecule has 1 fully saturated rings. The van der Waals surface area contributed by atoms with Gasteiger partial charge in [0.15, 0.2) is 0 Å². The summed E-state index contributed by atoms with van der Waals surface area (Å²) < 4.78 is 13.4. The largest absolute Gasteiger partial charge is 0.383 e. The van der Waals surface area contributed by atoms with Crippen LogP contribution in [0, 0.1) is 5.92 Å². The van der Waals surface area contributed by atoms with Gasteiger partial charge in [-0.1, -0.05) is 0 Å². The number of ether oxygens (including phenoxy) is 2. The van der Waals surface area contributed by atoms with Crippen LogP contribution in [0.2, 0.25) is 0 Å². The van der Waals surface area contributed by atoms with Crippen LogP contribution in [0.15, 0.2) is 30.7 Å². The second-order valence-electron chi connectivity index (χ2n) is 7.34. The van der Waals surface area contributed by atoms with Crippen molar-refractivity contribution < 1.29 is 9.47 Å². The van der Waals surface area contributed by atoms with Crippen molar-refractivity contribution >= 4 is 0 Å². The van der Waals surface area contributed by atoms with Crippen molar-refractivity contribution in [3.63, 3.8) is 0 Å². The Hall–Kier alpha value is -1.76. The van der Waals surface area contributed by atoms with Crippen LogP contribution in [0.5, 0.6) is 0 Å². The van der Waals surface area contributed by atoms with E-state index in [4.69, 9.17) is 14.6 Å². The lowest BCUT2D eigenvalue weighted by Gasteiger charge is -2.36. The van der Waals surface area contributed by atoms with Crippen molar-refractivity contribution in [1.29, 1.82) is 0 Å². The quantitative estimate of drug-likeness (QED) is 0.796. The van der Waals surface area contributed by atoms with E-state index in [2.05, 4.69) is 32.9 Å². The molecule has 0 aromatic carbocycles. The van der Waals surface area contributed by atoms with E-state index in [-0.39, 0.29) is 6.04 Å². The second-order valence-corrected chi connectivity index (χ2v) is 7.34. The lowest BCUT2D eigenvalue weighted by atomic mass is 9.97. The predicted molar refractivity (Wildman–Crippen MR) is 98.7 cm³/mol. The van der Waals surface area contributed by atoms with Crippen LogP contribution in [0.25, 0.3) is 0 Å². The van der Waals surface area contributed by atoms with Gasteiger partial charge in [0.25, 0.3) is 0 Å².